The highest BCUT2D eigenvalue weighted by Crippen LogP contribution is 2.12. The topological polar surface area (TPSA) is 81.2 Å². The summed E-state index contributed by atoms with van der Waals surface area (Å²) < 4.78 is 4.64. The van der Waals surface area contributed by atoms with Crippen LogP contribution in [0, 0.1) is 0 Å². The number of hydrogen-bond donors (Lipinski definition) is 2. The molecule has 2 rings (SSSR count). The van der Waals surface area contributed by atoms with Gasteiger partial charge in [0.15, 0.2) is 0 Å². The van der Waals surface area contributed by atoms with Gasteiger partial charge in [0, 0.05) is 5.56 Å². The van der Waals surface area contributed by atoms with Crippen LogP contribution >= 0.6 is 0 Å². The Morgan fingerprint density at radius 1 is 1.41 bits per heavy atom. The Morgan fingerprint density at radius 2 is 2.24 bits per heavy atom. The summed E-state index contributed by atoms with van der Waals surface area (Å²) in [6.45, 7) is 0.511. The highest BCUT2D eigenvalue weighted by molar-refractivity contribution is 6.05. The predicted molar refractivity (Wildman–Crippen MR) is 63.7 cm³/mol. The minimum Gasteiger partial charge on any atom is -0.363 e. The number of nitrogens with two attached hydrogens (primary N) is 1. The van der Waals surface area contributed by atoms with E-state index in [2.05, 4.69) is 15.0 Å². The van der Waals surface area contributed by atoms with Gasteiger partial charge in [-0.25, -0.2) is 0 Å². The lowest BCUT2D eigenvalue weighted by atomic mass is 10.0. The molecule has 1 heterocycles. The summed E-state index contributed by atoms with van der Waals surface area (Å²) in [6.07, 6.45) is 3.50. The fraction of sp³-hybridized carbons (Fsp3) is 0.167. The van der Waals surface area contributed by atoms with Gasteiger partial charge >= 0.3 is 0 Å². The van der Waals surface area contributed by atoms with Crippen LogP contribution in [0.3, 0.4) is 0 Å². The molecule has 0 saturated carbocycles. The molecule has 5 nitrogen and oxygen atoms in total. The van der Waals surface area contributed by atoms with Crippen LogP contribution in [0.2, 0.25) is 0 Å². The Kier molecular flexibility index (Phi) is 3.52. The van der Waals surface area contributed by atoms with E-state index in [1.54, 1.807) is 6.07 Å². The van der Waals surface area contributed by atoms with Gasteiger partial charge in [-0.1, -0.05) is 23.4 Å². The summed E-state index contributed by atoms with van der Waals surface area (Å²) in [6, 6.07) is 7.38. The first-order valence-corrected chi connectivity index (χ1v) is 5.30. The second-order valence-electron chi connectivity index (χ2n) is 3.56. The lowest BCUT2D eigenvalue weighted by molar-refractivity contribution is 0.102. The summed E-state index contributed by atoms with van der Waals surface area (Å²) in [5.41, 5.74) is 7.61. The monoisotopic (exact) mass is 231 g/mol. The SMILES string of the molecule is NCCc1ccccc1C(=O)Nc1cnoc1. The van der Waals surface area contributed by atoms with Crippen molar-refractivity contribution >= 4 is 11.6 Å². The third-order valence-corrected chi connectivity index (χ3v) is 2.37. The molecular formula is C12H13N3O2. The van der Waals surface area contributed by atoms with E-state index in [9.17, 15) is 4.79 Å². The summed E-state index contributed by atoms with van der Waals surface area (Å²) in [5, 5.41) is 6.22. The number of carbonyl (C=O) groups excluding carboxylic acids is 1. The zero-order valence-corrected chi connectivity index (χ0v) is 9.22. The van der Waals surface area contributed by atoms with Gasteiger partial charge in [-0.2, -0.15) is 0 Å². The molecule has 88 valence electrons. The van der Waals surface area contributed by atoms with Gasteiger partial charge in [0.2, 0.25) is 0 Å². The molecule has 0 spiro atoms. The number of nitrogens with one attached hydrogen (secondary N) is 1. The molecule has 0 aliphatic rings. The van der Waals surface area contributed by atoms with Crippen molar-refractivity contribution in [3.63, 3.8) is 0 Å². The summed E-state index contributed by atoms with van der Waals surface area (Å²) in [5.74, 6) is -0.183. The van der Waals surface area contributed by atoms with E-state index in [1.807, 2.05) is 18.2 Å². The van der Waals surface area contributed by atoms with Crippen LogP contribution in [0.5, 0.6) is 0 Å². The lowest BCUT2D eigenvalue weighted by Gasteiger charge is -2.07. The second kappa shape index (κ2) is 5.27. The smallest absolute Gasteiger partial charge is 0.256 e. The van der Waals surface area contributed by atoms with E-state index in [1.165, 1.54) is 12.5 Å². The quantitative estimate of drug-likeness (QED) is 0.834. The lowest BCUT2D eigenvalue weighted by Crippen LogP contribution is -2.15. The summed E-state index contributed by atoms with van der Waals surface area (Å²) in [4.78, 5) is 12.0. The molecule has 0 unspecified atom stereocenters. The number of benzene rings is 1. The Balaban J connectivity index is 2.18. The van der Waals surface area contributed by atoms with E-state index in [4.69, 9.17) is 5.73 Å². The van der Waals surface area contributed by atoms with E-state index in [-0.39, 0.29) is 5.91 Å². The number of rotatable bonds is 4. The van der Waals surface area contributed by atoms with Crippen LogP contribution in [-0.2, 0) is 6.42 Å². The van der Waals surface area contributed by atoms with Gasteiger partial charge in [0.25, 0.3) is 5.91 Å². The van der Waals surface area contributed by atoms with Gasteiger partial charge in [0.05, 0.1) is 6.20 Å². The maximum Gasteiger partial charge on any atom is 0.256 e. The Morgan fingerprint density at radius 3 is 2.94 bits per heavy atom. The van der Waals surface area contributed by atoms with Crippen molar-refractivity contribution in [3.8, 4) is 0 Å². The van der Waals surface area contributed by atoms with Crippen LogP contribution in [0.1, 0.15) is 15.9 Å². The summed E-state index contributed by atoms with van der Waals surface area (Å²) >= 11 is 0. The Hall–Kier alpha value is -2.14. The first kappa shape index (κ1) is 11.3. The zero-order chi connectivity index (χ0) is 12.1. The predicted octanol–water partition coefficient (Wildman–Crippen LogP) is 1.43. The number of carbonyl (C=O) groups is 1. The number of hydrogen-bond acceptors (Lipinski definition) is 4. The molecule has 0 saturated heterocycles. The second-order valence-corrected chi connectivity index (χ2v) is 3.56. The molecule has 0 atom stereocenters. The molecule has 0 fully saturated rings. The molecule has 3 N–H and O–H groups in total. The van der Waals surface area contributed by atoms with E-state index < -0.39 is 0 Å². The van der Waals surface area contributed by atoms with Gasteiger partial charge in [0.1, 0.15) is 12.0 Å². The largest absolute Gasteiger partial charge is 0.363 e. The fourth-order valence-corrected chi connectivity index (χ4v) is 1.58. The summed E-state index contributed by atoms with van der Waals surface area (Å²) in [7, 11) is 0. The van der Waals surface area contributed by atoms with Crippen LogP contribution in [0.25, 0.3) is 0 Å². The number of aromatic nitrogens is 1. The van der Waals surface area contributed by atoms with Crippen LogP contribution in [0.15, 0.2) is 41.2 Å². The first-order chi connectivity index (χ1) is 8.31. The van der Waals surface area contributed by atoms with Crippen LogP contribution < -0.4 is 11.1 Å². The average Bonchev–Trinajstić information content (AvgIpc) is 2.83. The van der Waals surface area contributed by atoms with Gasteiger partial charge < -0.3 is 15.6 Å². The van der Waals surface area contributed by atoms with Crippen molar-refractivity contribution in [3.05, 3.63) is 47.9 Å². The van der Waals surface area contributed by atoms with E-state index in [0.717, 1.165) is 5.56 Å². The molecule has 0 bridgehead atoms. The van der Waals surface area contributed by atoms with E-state index >= 15 is 0 Å². The maximum atomic E-state index is 12.0. The zero-order valence-electron chi connectivity index (χ0n) is 9.22. The third-order valence-electron chi connectivity index (χ3n) is 2.37. The molecule has 0 aliphatic heterocycles. The molecule has 17 heavy (non-hydrogen) atoms. The van der Waals surface area contributed by atoms with Crippen molar-refractivity contribution < 1.29 is 9.32 Å². The molecule has 1 amide bonds. The molecule has 0 aliphatic carbocycles. The molecule has 2 aromatic rings. The van der Waals surface area contributed by atoms with Crippen molar-refractivity contribution in [1.29, 1.82) is 0 Å². The number of anilines is 1. The van der Waals surface area contributed by atoms with Crippen LogP contribution in [0.4, 0.5) is 5.69 Å². The molecule has 1 aromatic carbocycles. The third kappa shape index (κ3) is 2.70. The van der Waals surface area contributed by atoms with Gasteiger partial charge in [-0.3, -0.25) is 4.79 Å². The molecule has 5 heteroatoms. The van der Waals surface area contributed by atoms with Crippen molar-refractivity contribution in [2.45, 2.75) is 6.42 Å². The van der Waals surface area contributed by atoms with Crippen molar-refractivity contribution in [1.82, 2.24) is 5.16 Å². The number of amides is 1. The molecular weight excluding hydrogens is 218 g/mol. The fourth-order valence-electron chi connectivity index (χ4n) is 1.58. The Labute approximate surface area is 98.6 Å². The van der Waals surface area contributed by atoms with Crippen molar-refractivity contribution in [2.75, 3.05) is 11.9 Å². The maximum absolute atomic E-state index is 12.0. The minimum absolute atomic E-state index is 0.183. The van der Waals surface area contributed by atoms with Gasteiger partial charge in [-0.05, 0) is 24.6 Å². The van der Waals surface area contributed by atoms with Crippen LogP contribution in [-0.4, -0.2) is 17.6 Å². The van der Waals surface area contributed by atoms with Gasteiger partial charge in [-0.15, -0.1) is 0 Å². The molecule has 1 aromatic heterocycles. The normalized spacial score (nSPS) is 10.2. The minimum atomic E-state index is -0.183. The molecule has 0 radical (unpaired) electrons. The van der Waals surface area contributed by atoms with Crippen molar-refractivity contribution in [2.24, 2.45) is 5.73 Å². The first-order valence-electron chi connectivity index (χ1n) is 5.30. The number of nitrogens with zero attached hydrogens (tertiary/aromatic N) is 1. The average molecular weight is 231 g/mol. The highest BCUT2D eigenvalue weighted by atomic mass is 16.5. The highest BCUT2D eigenvalue weighted by Gasteiger charge is 2.11. The van der Waals surface area contributed by atoms with E-state index in [0.29, 0.717) is 24.2 Å². The Bertz CT molecular complexity index is 494. The standard InChI is InChI=1S/C12H13N3O2/c13-6-5-9-3-1-2-4-11(9)12(16)15-10-7-14-17-8-10/h1-4,7-8H,5-6,13H2,(H,15,16).